The minimum Gasteiger partial charge on any atom is -0.381 e. The third kappa shape index (κ3) is 4.10. The number of rotatable bonds is 7. The first-order valence-electron chi connectivity index (χ1n) is 5.66. The van der Waals surface area contributed by atoms with Crippen LogP contribution < -0.4 is 0 Å². The van der Waals surface area contributed by atoms with Gasteiger partial charge in [-0.2, -0.15) is 0 Å². The molecule has 2 heteroatoms. The molecule has 0 aromatic carbocycles. The van der Waals surface area contributed by atoms with Crippen LogP contribution in [0.4, 0.5) is 0 Å². The molecule has 0 atom stereocenters. The molecule has 1 rings (SSSR count). The monoisotopic (exact) mass is 185 g/mol. The van der Waals surface area contributed by atoms with Crippen molar-refractivity contribution in [3.8, 4) is 0 Å². The molecule has 0 saturated carbocycles. The molecular formula is C11H23NO. The zero-order chi connectivity index (χ0) is 9.52. The summed E-state index contributed by atoms with van der Waals surface area (Å²) >= 11 is 0. The van der Waals surface area contributed by atoms with Gasteiger partial charge in [0.1, 0.15) is 0 Å². The SMILES string of the molecule is CCCCCOCC1CN(CC)C1. The van der Waals surface area contributed by atoms with Crippen LogP contribution in [0.25, 0.3) is 0 Å². The number of likely N-dealkylation sites (tertiary alicyclic amines) is 1. The smallest absolute Gasteiger partial charge is 0.0518 e. The van der Waals surface area contributed by atoms with Crippen LogP contribution in [0.3, 0.4) is 0 Å². The first kappa shape index (κ1) is 11.0. The Bertz CT molecular complexity index is 121. The highest BCUT2D eigenvalue weighted by Crippen LogP contribution is 2.14. The Morgan fingerprint density at radius 2 is 2.00 bits per heavy atom. The van der Waals surface area contributed by atoms with E-state index in [1.165, 1.54) is 38.9 Å². The highest BCUT2D eigenvalue weighted by Gasteiger charge is 2.24. The van der Waals surface area contributed by atoms with Crippen LogP contribution in [0.1, 0.15) is 33.1 Å². The Kier molecular flexibility index (Phi) is 5.40. The second kappa shape index (κ2) is 6.39. The average Bonchev–Trinajstić information content (AvgIpc) is 2.08. The van der Waals surface area contributed by atoms with Gasteiger partial charge in [-0.05, 0) is 13.0 Å². The van der Waals surface area contributed by atoms with Crippen LogP contribution >= 0.6 is 0 Å². The summed E-state index contributed by atoms with van der Waals surface area (Å²) in [4.78, 5) is 2.46. The van der Waals surface area contributed by atoms with E-state index in [0.717, 1.165) is 19.1 Å². The van der Waals surface area contributed by atoms with E-state index >= 15 is 0 Å². The number of nitrogens with zero attached hydrogens (tertiary/aromatic N) is 1. The molecule has 78 valence electrons. The molecule has 1 aliphatic heterocycles. The fraction of sp³-hybridized carbons (Fsp3) is 1.00. The van der Waals surface area contributed by atoms with Gasteiger partial charge in [-0.3, -0.25) is 0 Å². The van der Waals surface area contributed by atoms with Crippen molar-refractivity contribution in [1.29, 1.82) is 0 Å². The second-order valence-electron chi connectivity index (χ2n) is 4.00. The largest absolute Gasteiger partial charge is 0.381 e. The maximum absolute atomic E-state index is 5.61. The van der Waals surface area contributed by atoms with Gasteiger partial charge in [-0.1, -0.05) is 26.7 Å². The molecule has 0 aromatic rings. The van der Waals surface area contributed by atoms with Crippen LogP contribution in [0.5, 0.6) is 0 Å². The predicted molar refractivity (Wildman–Crippen MR) is 55.9 cm³/mol. The van der Waals surface area contributed by atoms with Crippen molar-refractivity contribution in [2.45, 2.75) is 33.1 Å². The van der Waals surface area contributed by atoms with Gasteiger partial charge in [0.2, 0.25) is 0 Å². The molecule has 1 fully saturated rings. The van der Waals surface area contributed by atoms with E-state index in [2.05, 4.69) is 18.7 Å². The Labute approximate surface area is 82.3 Å². The number of ether oxygens (including phenoxy) is 1. The molecule has 13 heavy (non-hydrogen) atoms. The van der Waals surface area contributed by atoms with E-state index in [0.29, 0.717) is 0 Å². The van der Waals surface area contributed by atoms with Crippen molar-refractivity contribution < 1.29 is 4.74 Å². The molecule has 1 saturated heterocycles. The quantitative estimate of drug-likeness (QED) is 0.563. The van der Waals surface area contributed by atoms with Crippen molar-refractivity contribution in [2.24, 2.45) is 5.92 Å². The third-order valence-electron chi connectivity index (χ3n) is 2.73. The van der Waals surface area contributed by atoms with Crippen LogP contribution in [0.2, 0.25) is 0 Å². The molecule has 0 aromatic heterocycles. The maximum Gasteiger partial charge on any atom is 0.0518 e. The second-order valence-corrected chi connectivity index (χ2v) is 4.00. The topological polar surface area (TPSA) is 12.5 Å². The third-order valence-corrected chi connectivity index (χ3v) is 2.73. The summed E-state index contributed by atoms with van der Waals surface area (Å²) in [5, 5.41) is 0. The van der Waals surface area contributed by atoms with Gasteiger partial charge in [0.15, 0.2) is 0 Å². The number of hydrogen-bond donors (Lipinski definition) is 0. The lowest BCUT2D eigenvalue weighted by molar-refractivity contribution is 0.0164. The number of unbranched alkanes of at least 4 members (excludes halogenated alkanes) is 2. The normalized spacial score (nSPS) is 18.9. The highest BCUT2D eigenvalue weighted by molar-refractivity contribution is 4.77. The van der Waals surface area contributed by atoms with Crippen molar-refractivity contribution >= 4 is 0 Å². The van der Waals surface area contributed by atoms with E-state index < -0.39 is 0 Å². The molecule has 0 radical (unpaired) electrons. The summed E-state index contributed by atoms with van der Waals surface area (Å²) in [7, 11) is 0. The lowest BCUT2D eigenvalue weighted by Gasteiger charge is -2.38. The van der Waals surface area contributed by atoms with E-state index in [-0.39, 0.29) is 0 Å². The molecule has 0 spiro atoms. The molecule has 0 amide bonds. The number of hydrogen-bond acceptors (Lipinski definition) is 2. The molecule has 0 unspecified atom stereocenters. The summed E-state index contributed by atoms with van der Waals surface area (Å²) in [5.74, 6) is 0.821. The summed E-state index contributed by atoms with van der Waals surface area (Å²) in [6, 6.07) is 0. The lowest BCUT2D eigenvalue weighted by Crippen LogP contribution is -2.48. The Morgan fingerprint density at radius 1 is 1.23 bits per heavy atom. The molecule has 2 nitrogen and oxygen atoms in total. The van der Waals surface area contributed by atoms with Gasteiger partial charge in [0.25, 0.3) is 0 Å². The predicted octanol–water partition coefficient (Wildman–Crippen LogP) is 2.14. The lowest BCUT2D eigenvalue weighted by atomic mass is 10.0. The molecule has 1 heterocycles. The van der Waals surface area contributed by atoms with Crippen LogP contribution in [-0.2, 0) is 4.74 Å². The summed E-state index contributed by atoms with van der Waals surface area (Å²) in [6.07, 6.45) is 3.84. The van der Waals surface area contributed by atoms with E-state index in [1.807, 2.05) is 0 Å². The van der Waals surface area contributed by atoms with Crippen LogP contribution in [0, 0.1) is 5.92 Å². The van der Waals surface area contributed by atoms with E-state index in [9.17, 15) is 0 Å². The van der Waals surface area contributed by atoms with Gasteiger partial charge in [-0.25, -0.2) is 0 Å². The zero-order valence-electron chi connectivity index (χ0n) is 9.09. The van der Waals surface area contributed by atoms with E-state index in [1.54, 1.807) is 0 Å². The summed E-state index contributed by atoms with van der Waals surface area (Å²) in [6.45, 7) is 10.1. The first-order chi connectivity index (χ1) is 6.36. The fourth-order valence-corrected chi connectivity index (χ4v) is 1.74. The van der Waals surface area contributed by atoms with Crippen LogP contribution in [-0.4, -0.2) is 37.7 Å². The van der Waals surface area contributed by atoms with Crippen molar-refractivity contribution in [3.63, 3.8) is 0 Å². The van der Waals surface area contributed by atoms with Gasteiger partial charge >= 0.3 is 0 Å². The first-order valence-corrected chi connectivity index (χ1v) is 5.66. The molecule has 0 aliphatic carbocycles. The minimum absolute atomic E-state index is 0.821. The van der Waals surface area contributed by atoms with E-state index in [4.69, 9.17) is 4.74 Å². The van der Waals surface area contributed by atoms with Crippen molar-refractivity contribution in [1.82, 2.24) is 4.90 Å². The average molecular weight is 185 g/mol. The highest BCUT2D eigenvalue weighted by atomic mass is 16.5. The molecule has 0 bridgehead atoms. The minimum atomic E-state index is 0.821. The van der Waals surface area contributed by atoms with Gasteiger partial charge in [0.05, 0.1) is 6.61 Å². The Balaban J connectivity index is 1.80. The maximum atomic E-state index is 5.61. The van der Waals surface area contributed by atoms with Crippen molar-refractivity contribution in [3.05, 3.63) is 0 Å². The fourth-order valence-electron chi connectivity index (χ4n) is 1.74. The van der Waals surface area contributed by atoms with Crippen LogP contribution in [0.15, 0.2) is 0 Å². The molecule has 0 N–H and O–H groups in total. The Morgan fingerprint density at radius 3 is 2.62 bits per heavy atom. The summed E-state index contributed by atoms with van der Waals surface area (Å²) < 4.78 is 5.61. The standard InChI is InChI=1S/C11H23NO/c1-3-5-6-7-13-10-11-8-12(4-2)9-11/h11H,3-10H2,1-2H3. The van der Waals surface area contributed by atoms with Gasteiger partial charge in [-0.15, -0.1) is 0 Å². The van der Waals surface area contributed by atoms with Gasteiger partial charge in [0, 0.05) is 25.6 Å². The van der Waals surface area contributed by atoms with Crippen molar-refractivity contribution in [2.75, 3.05) is 32.8 Å². The Hall–Kier alpha value is -0.0800. The summed E-state index contributed by atoms with van der Waals surface area (Å²) in [5.41, 5.74) is 0. The molecular weight excluding hydrogens is 162 g/mol. The van der Waals surface area contributed by atoms with Gasteiger partial charge < -0.3 is 9.64 Å². The zero-order valence-corrected chi connectivity index (χ0v) is 9.09. The molecule has 1 aliphatic rings.